The minimum absolute atomic E-state index is 0.180. The highest BCUT2D eigenvalue weighted by atomic mass is 16.5. The lowest BCUT2D eigenvalue weighted by Gasteiger charge is -2.23. The Hall–Kier alpha value is -1.12. The smallest absolute Gasteiger partial charge is 0.333 e. The van der Waals surface area contributed by atoms with Crippen molar-refractivity contribution in [1.29, 1.82) is 0 Å². The van der Waals surface area contributed by atoms with Gasteiger partial charge in [-0.3, -0.25) is 4.79 Å². The summed E-state index contributed by atoms with van der Waals surface area (Å²) in [5, 5.41) is 0. The summed E-state index contributed by atoms with van der Waals surface area (Å²) in [4.78, 5) is 23.9. The number of methoxy groups -OCH3 is 1. The van der Waals surface area contributed by atoms with Gasteiger partial charge in [-0.1, -0.05) is 25.8 Å². The number of unbranched alkanes of at least 4 members (excludes halogenated alkanes) is 2. The van der Waals surface area contributed by atoms with Crippen molar-refractivity contribution in [2.24, 2.45) is 23.7 Å². The summed E-state index contributed by atoms with van der Waals surface area (Å²) >= 11 is 0. The van der Waals surface area contributed by atoms with Crippen LogP contribution in [0.25, 0.3) is 0 Å². The van der Waals surface area contributed by atoms with Crippen LogP contribution in [0.5, 0.6) is 0 Å². The number of ketones is 1. The number of fused-ring (bicyclic) bond motifs is 2. The molecular weight excluding hydrogens is 252 g/mol. The van der Waals surface area contributed by atoms with E-state index in [1.807, 2.05) is 0 Å². The molecule has 2 aliphatic rings. The topological polar surface area (TPSA) is 43.4 Å². The summed E-state index contributed by atoms with van der Waals surface area (Å²) < 4.78 is 4.97. The normalized spacial score (nSPS) is 32.5. The molecule has 0 N–H and O–H groups in total. The van der Waals surface area contributed by atoms with Crippen molar-refractivity contribution >= 4 is 11.8 Å². The zero-order chi connectivity index (χ0) is 14.7. The fourth-order valence-electron chi connectivity index (χ4n) is 4.29. The molecule has 2 aliphatic carbocycles. The molecule has 0 aliphatic heterocycles. The van der Waals surface area contributed by atoms with Gasteiger partial charge >= 0.3 is 5.97 Å². The SMILES string of the molecule is CCCCC=C(C(=O)OC)[C@H]1C[C@@H]2CC[C@H]1C2C(C)=O. The second kappa shape index (κ2) is 6.55. The van der Waals surface area contributed by atoms with Gasteiger partial charge in [0.25, 0.3) is 0 Å². The number of carbonyl (C=O) groups excluding carboxylic acids is 2. The van der Waals surface area contributed by atoms with E-state index in [2.05, 4.69) is 13.0 Å². The van der Waals surface area contributed by atoms with E-state index in [9.17, 15) is 9.59 Å². The fourth-order valence-corrected chi connectivity index (χ4v) is 4.29. The number of Topliss-reactive ketones (excluding diaryl/α,β-unsaturated/α-hetero) is 1. The number of carbonyl (C=O) groups is 2. The third-order valence-electron chi connectivity index (χ3n) is 5.13. The van der Waals surface area contributed by atoms with E-state index in [-0.39, 0.29) is 17.8 Å². The van der Waals surface area contributed by atoms with Crippen LogP contribution in [-0.2, 0) is 14.3 Å². The van der Waals surface area contributed by atoms with Gasteiger partial charge in [-0.15, -0.1) is 0 Å². The van der Waals surface area contributed by atoms with E-state index in [1.165, 1.54) is 7.11 Å². The van der Waals surface area contributed by atoms with Crippen LogP contribution in [0.2, 0.25) is 0 Å². The minimum Gasteiger partial charge on any atom is -0.466 e. The van der Waals surface area contributed by atoms with Gasteiger partial charge in [-0.2, -0.15) is 0 Å². The van der Waals surface area contributed by atoms with Crippen molar-refractivity contribution in [1.82, 2.24) is 0 Å². The average Bonchev–Trinajstić information content (AvgIpc) is 3.00. The lowest BCUT2D eigenvalue weighted by Crippen LogP contribution is -2.23. The summed E-state index contributed by atoms with van der Waals surface area (Å²) in [6.07, 6.45) is 8.44. The fraction of sp³-hybridized carbons (Fsp3) is 0.765. The van der Waals surface area contributed by atoms with Crippen molar-refractivity contribution in [3.8, 4) is 0 Å². The zero-order valence-electron chi connectivity index (χ0n) is 12.9. The van der Waals surface area contributed by atoms with E-state index in [4.69, 9.17) is 4.74 Å². The van der Waals surface area contributed by atoms with Gasteiger partial charge in [0.2, 0.25) is 0 Å². The maximum absolute atomic E-state index is 12.1. The van der Waals surface area contributed by atoms with Crippen LogP contribution in [-0.4, -0.2) is 18.9 Å². The molecule has 2 bridgehead atoms. The summed E-state index contributed by atoms with van der Waals surface area (Å²) in [5.41, 5.74) is 0.833. The summed E-state index contributed by atoms with van der Waals surface area (Å²) in [5.74, 6) is 1.39. The third kappa shape index (κ3) is 2.82. The van der Waals surface area contributed by atoms with Crippen molar-refractivity contribution in [2.75, 3.05) is 7.11 Å². The number of hydrogen-bond acceptors (Lipinski definition) is 3. The Labute approximate surface area is 121 Å². The minimum atomic E-state index is -0.194. The van der Waals surface area contributed by atoms with Crippen molar-refractivity contribution in [3.05, 3.63) is 11.6 Å². The molecule has 0 spiro atoms. The molecule has 4 atom stereocenters. The van der Waals surface area contributed by atoms with Gasteiger partial charge in [0.1, 0.15) is 5.78 Å². The second-order valence-corrected chi connectivity index (χ2v) is 6.27. The number of rotatable bonds is 6. The predicted molar refractivity (Wildman–Crippen MR) is 78.1 cm³/mol. The Bertz CT molecular complexity index is 410. The van der Waals surface area contributed by atoms with Gasteiger partial charge in [-0.05, 0) is 50.4 Å². The van der Waals surface area contributed by atoms with Crippen LogP contribution in [0.4, 0.5) is 0 Å². The first-order valence-corrected chi connectivity index (χ1v) is 7.88. The maximum Gasteiger partial charge on any atom is 0.333 e. The first kappa shape index (κ1) is 15.3. The van der Waals surface area contributed by atoms with E-state index < -0.39 is 0 Å². The van der Waals surface area contributed by atoms with Crippen LogP contribution in [0.3, 0.4) is 0 Å². The standard InChI is InChI=1S/C17H26O3/c1-4-5-6-7-14(17(19)20-3)15-10-12-8-9-13(15)16(12)11(2)18/h7,12-13,15-16H,4-6,8-10H2,1-3H3/t12-,13+,15-,16?/m0/s1. The van der Waals surface area contributed by atoms with E-state index in [0.717, 1.165) is 44.1 Å². The van der Waals surface area contributed by atoms with Crippen LogP contribution in [0.15, 0.2) is 11.6 Å². The van der Waals surface area contributed by atoms with Gasteiger partial charge in [0, 0.05) is 11.5 Å². The quantitative estimate of drug-likeness (QED) is 0.424. The molecule has 3 nitrogen and oxygen atoms in total. The Morgan fingerprint density at radius 2 is 2.05 bits per heavy atom. The Balaban J connectivity index is 2.16. The third-order valence-corrected chi connectivity index (χ3v) is 5.13. The predicted octanol–water partition coefficient (Wildman–Crippen LogP) is 3.53. The molecule has 0 aromatic heterocycles. The number of ether oxygens (including phenoxy) is 1. The summed E-state index contributed by atoms with van der Waals surface area (Å²) in [7, 11) is 1.45. The lowest BCUT2D eigenvalue weighted by molar-refractivity contribution is -0.137. The molecule has 0 aromatic carbocycles. The van der Waals surface area contributed by atoms with Crippen molar-refractivity contribution < 1.29 is 14.3 Å². The van der Waals surface area contributed by atoms with Gasteiger partial charge < -0.3 is 4.74 Å². The molecule has 112 valence electrons. The van der Waals surface area contributed by atoms with Crippen LogP contribution < -0.4 is 0 Å². The number of hydrogen-bond donors (Lipinski definition) is 0. The molecule has 2 rings (SSSR count). The average molecular weight is 278 g/mol. The second-order valence-electron chi connectivity index (χ2n) is 6.27. The molecule has 0 aromatic rings. The molecule has 0 saturated heterocycles. The molecule has 0 heterocycles. The Morgan fingerprint density at radius 3 is 2.60 bits per heavy atom. The highest BCUT2D eigenvalue weighted by Gasteiger charge is 2.51. The lowest BCUT2D eigenvalue weighted by atomic mass is 9.81. The highest BCUT2D eigenvalue weighted by molar-refractivity contribution is 5.89. The van der Waals surface area contributed by atoms with Gasteiger partial charge in [0.15, 0.2) is 0 Å². The van der Waals surface area contributed by atoms with E-state index in [1.54, 1.807) is 6.92 Å². The summed E-state index contributed by atoms with van der Waals surface area (Å²) in [6.45, 7) is 3.85. The molecular formula is C17H26O3. The van der Waals surface area contributed by atoms with Gasteiger partial charge in [0.05, 0.1) is 7.11 Å². The van der Waals surface area contributed by atoms with Crippen LogP contribution in [0.1, 0.15) is 52.4 Å². The molecule has 20 heavy (non-hydrogen) atoms. The summed E-state index contributed by atoms with van der Waals surface area (Å²) in [6, 6.07) is 0. The van der Waals surface area contributed by atoms with Crippen LogP contribution in [0, 0.1) is 23.7 Å². The van der Waals surface area contributed by atoms with Crippen LogP contribution >= 0.6 is 0 Å². The molecule has 0 amide bonds. The van der Waals surface area contributed by atoms with E-state index >= 15 is 0 Å². The zero-order valence-corrected chi connectivity index (χ0v) is 12.9. The van der Waals surface area contributed by atoms with Crippen molar-refractivity contribution in [3.63, 3.8) is 0 Å². The molecule has 1 unspecified atom stereocenters. The maximum atomic E-state index is 12.1. The molecule has 0 radical (unpaired) electrons. The van der Waals surface area contributed by atoms with Crippen molar-refractivity contribution in [2.45, 2.75) is 52.4 Å². The van der Waals surface area contributed by atoms with E-state index in [0.29, 0.717) is 17.6 Å². The first-order valence-electron chi connectivity index (χ1n) is 7.88. The largest absolute Gasteiger partial charge is 0.466 e. The molecule has 3 heteroatoms. The molecule has 2 fully saturated rings. The highest BCUT2D eigenvalue weighted by Crippen LogP contribution is 2.55. The first-order chi connectivity index (χ1) is 9.60. The Morgan fingerprint density at radius 1 is 1.30 bits per heavy atom. The number of allylic oxidation sites excluding steroid dienone is 1. The number of esters is 1. The van der Waals surface area contributed by atoms with Gasteiger partial charge in [-0.25, -0.2) is 4.79 Å². The monoisotopic (exact) mass is 278 g/mol. The molecule has 2 saturated carbocycles. The Kier molecular flexibility index (Phi) is 5.00.